The monoisotopic (exact) mass is 323 g/mol. The highest BCUT2D eigenvalue weighted by molar-refractivity contribution is 6.30. The third kappa shape index (κ3) is 4.87. The second-order valence-corrected chi connectivity index (χ2v) is 6.78. The molecule has 0 bridgehead atoms. The van der Waals surface area contributed by atoms with E-state index in [1.54, 1.807) is 6.07 Å². The third-order valence-corrected chi connectivity index (χ3v) is 3.44. The molecule has 1 N–H and O–H groups in total. The van der Waals surface area contributed by atoms with Crippen molar-refractivity contribution in [2.24, 2.45) is 0 Å². The Morgan fingerprint density at radius 1 is 1.05 bits per heavy atom. The Kier molecular flexibility index (Phi) is 5.07. The zero-order chi connectivity index (χ0) is 15.5. The number of nitrogens with one attached hydrogen (secondary N) is 1. The summed E-state index contributed by atoms with van der Waals surface area (Å²) in [5, 5.41) is 4.51. The summed E-state index contributed by atoms with van der Waals surface area (Å²) in [5.74, 6) is 1.50. The molecule has 0 amide bonds. The van der Waals surface area contributed by atoms with Crippen molar-refractivity contribution >= 4 is 29.0 Å². The number of aromatic nitrogens is 2. The van der Waals surface area contributed by atoms with Crippen LogP contribution in [-0.4, -0.2) is 16.5 Å². The van der Waals surface area contributed by atoms with E-state index in [1.165, 1.54) is 5.56 Å². The number of hydrogen-bond acceptors (Lipinski definition) is 3. The van der Waals surface area contributed by atoms with E-state index in [0.717, 1.165) is 29.6 Å². The summed E-state index contributed by atoms with van der Waals surface area (Å²) in [6.07, 6.45) is 0.893. The fourth-order valence-electron chi connectivity index (χ4n) is 1.83. The highest BCUT2D eigenvalue weighted by Gasteiger charge is 2.18. The SMILES string of the molecule is CC(C)(C)c1nc(Cl)cc(NCCc2ccc(Cl)cc2)n1. The maximum atomic E-state index is 6.06. The van der Waals surface area contributed by atoms with Crippen LogP contribution in [-0.2, 0) is 11.8 Å². The van der Waals surface area contributed by atoms with E-state index >= 15 is 0 Å². The fourth-order valence-corrected chi connectivity index (χ4v) is 2.14. The first-order chi connectivity index (χ1) is 9.84. The molecule has 0 saturated heterocycles. The molecule has 1 aromatic carbocycles. The number of nitrogens with zero attached hydrogens (tertiary/aromatic N) is 2. The Labute approximate surface area is 135 Å². The van der Waals surface area contributed by atoms with Gasteiger partial charge in [0.2, 0.25) is 0 Å². The first-order valence-corrected chi connectivity index (χ1v) is 7.63. The second-order valence-electron chi connectivity index (χ2n) is 5.95. The Hall–Kier alpha value is -1.32. The summed E-state index contributed by atoms with van der Waals surface area (Å²) < 4.78 is 0. The van der Waals surface area contributed by atoms with Gasteiger partial charge >= 0.3 is 0 Å². The molecule has 0 spiro atoms. The molecule has 1 aromatic heterocycles. The molecule has 0 aliphatic heterocycles. The molecule has 0 atom stereocenters. The molecule has 2 aromatic rings. The number of anilines is 1. The zero-order valence-electron chi connectivity index (χ0n) is 12.5. The minimum absolute atomic E-state index is 0.127. The largest absolute Gasteiger partial charge is 0.370 e. The fraction of sp³-hybridized carbons (Fsp3) is 0.375. The van der Waals surface area contributed by atoms with E-state index in [4.69, 9.17) is 23.2 Å². The van der Waals surface area contributed by atoms with Crippen LogP contribution in [0.25, 0.3) is 0 Å². The minimum atomic E-state index is -0.127. The van der Waals surface area contributed by atoms with E-state index in [2.05, 4.69) is 36.1 Å². The van der Waals surface area contributed by atoms with Gasteiger partial charge in [-0.3, -0.25) is 0 Å². The van der Waals surface area contributed by atoms with Crippen LogP contribution in [0.2, 0.25) is 10.2 Å². The molecule has 0 unspecified atom stereocenters. The molecule has 3 nitrogen and oxygen atoms in total. The van der Waals surface area contributed by atoms with Gasteiger partial charge in [-0.2, -0.15) is 0 Å². The lowest BCUT2D eigenvalue weighted by Crippen LogP contribution is -2.17. The normalized spacial score (nSPS) is 11.5. The highest BCUT2D eigenvalue weighted by atomic mass is 35.5. The summed E-state index contributed by atoms with van der Waals surface area (Å²) in [6, 6.07) is 9.60. The maximum Gasteiger partial charge on any atom is 0.137 e. The molecular weight excluding hydrogens is 305 g/mol. The number of halogens is 2. The molecule has 0 radical (unpaired) electrons. The van der Waals surface area contributed by atoms with Crippen molar-refractivity contribution in [3.63, 3.8) is 0 Å². The Morgan fingerprint density at radius 3 is 2.33 bits per heavy atom. The lowest BCUT2D eigenvalue weighted by Gasteiger charge is -2.17. The van der Waals surface area contributed by atoms with Crippen molar-refractivity contribution in [1.82, 2.24) is 9.97 Å². The Balaban J connectivity index is 2.00. The van der Waals surface area contributed by atoms with Crippen LogP contribution in [0, 0.1) is 0 Å². The van der Waals surface area contributed by atoms with Crippen molar-refractivity contribution in [3.8, 4) is 0 Å². The lowest BCUT2D eigenvalue weighted by molar-refractivity contribution is 0.546. The second kappa shape index (κ2) is 6.63. The molecule has 5 heteroatoms. The summed E-state index contributed by atoms with van der Waals surface area (Å²) in [5.41, 5.74) is 1.10. The van der Waals surface area contributed by atoms with Crippen LogP contribution in [0.15, 0.2) is 30.3 Å². The number of benzene rings is 1. The predicted octanol–water partition coefficient (Wildman–Crippen LogP) is 4.74. The van der Waals surface area contributed by atoms with E-state index in [-0.39, 0.29) is 5.41 Å². The molecule has 0 saturated carbocycles. The van der Waals surface area contributed by atoms with Crippen molar-refractivity contribution in [3.05, 3.63) is 51.9 Å². The van der Waals surface area contributed by atoms with Crippen molar-refractivity contribution in [2.75, 3.05) is 11.9 Å². The summed E-state index contributed by atoms with van der Waals surface area (Å²) >= 11 is 11.9. The van der Waals surface area contributed by atoms with Gasteiger partial charge in [-0.25, -0.2) is 9.97 Å². The van der Waals surface area contributed by atoms with E-state index in [1.807, 2.05) is 24.3 Å². The minimum Gasteiger partial charge on any atom is -0.370 e. The van der Waals surface area contributed by atoms with Crippen molar-refractivity contribution < 1.29 is 0 Å². The van der Waals surface area contributed by atoms with Crippen LogP contribution in [0.1, 0.15) is 32.2 Å². The van der Waals surface area contributed by atoms with E-state index < -0.39 is 0 Å². The van der Waals surface area contributed by atoms with Gasteiger partial charge in [0.1, 0.15) is 16.8 Å². The average Bonchev–Trinajstić information content (AvgIpc) is 2.39. The van der Waals surface area contributed by atoms with E-state index in [9.17, 15) is 0 Å². The quantitative estimate of drug-likeness (QED) is 0.826. The molecule has 0 fully saturated rings. The van der Waals surface area contributed by atoms with Gasteiger partial charge in [0.05, 0.1) is 0 Å². The van der Waals surface area contributed by atoms with Crippen LogP contribution < -0.4 is 5.32 Å². The van der Waals surface area contributed by atoms with Gasteiger partial charge in [-0.05, 0) is 24.1 Å². The summed E-state index contributed by atoms with van der Waals surface area (Å²) in [4.78, 5) is 8.80. The van der Waals surface area contributed by atoms with Gasteiger partial charge in [0, 0.05) is 23.0 Å². The zero-order valence-corrected chi connectivity index (χ0v) is 14.0. The van der Waals surface area contributed by atoms with Crippen molar-refractivity contribution in [1.29, 1.82) is 0 Å². The molecular formula is C16H19Cl2N3. The van der Waals surface area contributed by atoms with Crippen LogP contribution in [0.4, 0.5) is 5.82 Å². The van der Waals surface area contributed by atoms with Gasteiger partial charge in [0.25, 0.3) is 0 Å². The van der Waals surface area contributed by atoms with Gasteiger partial charge in [-0.1, -0.05) is 56.1 Å². The van der Waals surface area contributed by atoms with Gasteiger partial charge < -0.3 is 5.32 Å². The predicted molar refractivity (Wildman–Crippen MR) is 89.4 cm³/mol. The number of hydrogen-bond donors (Lipinski definition) is 1. The molecule has 112 valence electrons. The van der Waals surface area contributed by atoms with Crippen LogP contribution in [0.5, 0.6) is 0 Å². The smallest absolute Gasteiger partial charge is 0.137 e. The molecule has 0 aliphatic carbocycles. The average molecular weight is 324 g/mol. The number of rotatable bonds is 4. The molecule has 21 heavy (non-hydrogen) atoms. The summed E-state index contributed by atoms with van der Waals surface area (Å²) in [7, 11) is 0. The lowest BCUT2D eigenvalue weighted by atomic mass is 9.96. The van der Waals surface area contributed by atoms with Gasteiger partial charge in [0.15, 0.2) is 0 Å². The Bertz CT molecular complexity index is 604. The standard InChI is InChI=1S/C16H19Cl2N3/c1-16(2,3)15-20-13(18)10-14(21-15)19-9-8-11-4-6-12(17)7-5-11/h4-7,10H,8-9H2,1-3H3,(H,19,20,21). The van der Waals surface area contributed by atoms with Gasteiger partial charge in [-0.15, -0.1) is 0 Å². The van der Waals surface area contributed by atoms with Crippen LogP contribution in [0.3, 0.4) is 0 Å². The Morgan fingerprint density at radius 2 is 1.71 bits per heavy atom. The highest BCUT2D eigenvalue weighted by Crippen LogP contribution is 2.22. The maximum absolute atomic E-state index is 6.06. The first kappa shape index (κ1) is 16.1. The van der Waals surface area contributed by atoms with E-state index in [0.29, 0.717) is 5.15 Å². The topological polar surface area (TPSA) is 37.8 Å². The van der Waals surface area contributed by atoms with Crippen molar-refractivity contribution in [2.45, 2.75) is 32.6 Å². The third-order valence-electron chi connectivity index (χ3n) is 3.00. The van der Waals surface area contributed by atoms with Crippen LogP contribution >= 0.6 is 23.2 Å². The summed E-state index contributed by atoms with van der Waals surface area (Å²) in [6.45, 7) is 6.97. The molecule has 2 rings (SSSR count). The first-order valence-electron chi connectivity index (χ1n) is 6.88. The molecule has 0 aliphatic rings. The molecule has 1 heterocycles.